The van der Waals surface area contributed by atoms with Crippen LogP contribution < -0.4 is 10.6 Å². The van der Waals surface area contributed by atoms with E-state index >= 15 is 0 Å². The van der Waals surface area contributed by atoms with Crippen molar-refractivity contribution in [2.75, 3.05) is 18.7 Å². The molecule has 0 aliphatic heterocycles. The van der Waals surface area contributed by atoms with Crippen molar-refractivity contribution < 1.29 is 28.7 Å². The van der Waals surface area contributed by atoms with E-state index in [4.69, 9.17) is 9.47 Å². The zero-order chi connectivity index (χ0) is 28.1. The summed E-state index contributed by atoms with van der Waals surface area (Å²) in [7, 11) is 0. The fourth-order valence-corrected chi connectivity index (χ4v) is 4.01. The molecule has 204 valence electrons. The smallest absolute Gasteiger partial charge is 0.419 e. The number of carbonyl (C=O) groups is 4. The van der Waals surface area contributed by atoms with Gasteiger partial charge in [-0.15, -0.1) is 0 Å². The lowest BCUT2D eigenvalue weighted by Gasteiger charge is -2.19. The number of fused-ring (bicyclic) bond motifs is 1. The molecular formula is C27H30N6O6. The van der Waals surface area contributed by atoms with Gasteiger partial charge >= 0.3 is 12.1 Å². The minimum absolute atomic E-state index is 0.191. The van der Waals surface area contributed by atoms with Gasteiger partial charge in [0.1, 0.15) is 11.8 Å². The van der Waals surface area contributed by atoms with Crippen LogP contribution in [-0.2, 0) is 14.3 Å². The van der Waals surface area contributed by atoms with Gasteiger partial charge in [0.2, 0.25) is 6.79 Å². The number of allylic oxidation sites excluding steroid dienone is 1. The van der Waals surface area contributed by atoms with Crippen LogP contribution >= 0.6 is 0 Å². The standard InChI is InChI=1S/C27H30N6O6/c1-5-7-22(34)38-15-39-27(37)33(19-10-11-19)26(36)20-13-32-23(17(20)4)24(29-14-30-32)31-21-12-18(9-8-16(21)3)25(35)28-6-2/h5,7-9,12-14,19H,6,10-11,15H2,1-4H3,(H,28,35)(H,29,30,31)/b7-5+. The highest BCUT2D eigenvalue weighted by atomic mass is 16.7. The summed E-state index contributed by atoms with van der Waals surface area (Å²) >= 11 is 0. The lowest BCUT2D eigenvalue weighted by molar-refractivity contribution is -0.146. The third-order valence-electron chi connectivity index (χ3n) is 6.16. The maximum absolute atomic E-state index is 13.5. The van der Waals surface area contributed by atoms with E-state index in [1.54, 1.807) is 26.0 Å². The zero-order valence-electron chi connectivity index (χ0n) is 22.2. The Labute approximate surface area is 225 Å². The van der Waals surface area contributed by atoms with E-state index in [0.29, 0.717) is 47.5 Å². The number of aromatic nitrogens is 3. The number of imide groups is 1. The first kappa shape index (κ1) is 27.3. The minimum Gasteiger partial charge on any atom is -0.425 e. The predicted molar refractivity (Wildman–Crippen MR) is 142 cm³/mol. The molecule has 2 N–H and O–H groups in total. The number of ether oxygens (including phenoxy) is 2. The van der Waals surface area contributed by atoms with Gasteiger partial charge < -0.3 is 20.1 Å². The molecule has 0 atom stereocenters. The van der Waals surface area contributed by atoms with Crippen molar-refractivity contribution in [3.8, 4) is 0 Å². The summed E-state index contributed by atoms with van der Waals surface area (Å²) in [6.07, 6.45) is 5.98. The van der Waals surface area contributed by atoms with E-state index in [2.05, 4.69) is 20.7 Å². The van der Waals surface area contributed by atoms with Gasteiger partial charge in [-0.3, -0.25) is 9.59 Å². The molecule has 1 aromatic carbocycles. The van der Waals surface area contributed by atoms with Crippen molar-refractivity contribution in [1.29, 1.82) is 0 Å². The van der Waals surface area contributed by atoms with E-state index < -0.39 is 24.8 Å². The predicted octanol–water partition coefficient (Wildman–Crippen LogP) is 3.66. The van der Waals surface area contributed by atoms with Crippen LogP contribution in [0.25, 0.3) is 5.52 Å². The fraction of sp³-hybridized carbons (Fsp3) is 0.333. The highest BCUT2D eigenvalue weighted by molar-refractivity contribution is 6.06. The molecule has 1 fully saturated rings. The number of esters is 1. The molecule has 0 spiro atoms. The normalized spacial score (nSPS) is 12.8. The van der Waals surface area contributed by atoms with Crippen molar-refractivity contribution >= 4 is 40.9 Å². The first-order valence-corrected chi connectivity index (χ1v) is 12.5. The van der Waals surface area contributed by atoms with Gasteiger partial charge in [-0.25, -0.2) is 24.0 Å². The molecule has 0 saturated heterocycles. The summed E-state index contributed by atoms with van der Waals surface area (Å²) < 4.78 is 11.4. The molecule has 0 bridgehead atoms. The van der Waals surface area contributed by atoms with Crippen LogP contribution in [-0.4, -0.2) is 62.8 Å². The van der Waals surface area contributed by atoms with Crippen LogP contribution in [0.5, 0.6) is 0 Å². The second-order valence-corrected chi connectivity index (χ2v) is 8.98. The summed E-state index contributed by atoms with van der Waals surface area (Å²) in [6.45, 7) is 7.04. The van der Waals surface area contributed by atoms with Gasteiger partial charge in [0, 0.05) is 36.1 Å². The number of nitrogens with zero attached hydrogens (tertiary/aromatic N) is 4. The summed E-state index contributed by atoms with van der Waals surface area (Å²) in [5.74, 6) is -0.974. The molecule has 12 nitrogen and oxygen atoms in total. The second-order valence-electron chi connectivity index (χ2n) is 8.98. The third-order valence-corrected chi connectivity index (χ3v) is 6.16. The van der Waals surface area contributed by atoms with Crippen molar-refractivity contribution in [3.63, 3.8) is 0 Å². The molecule has 2 aromatic heterocycles. The fourth-order valence-electron chi connectivity index (χ4n) is 4.01. The summed E-state index contributed by atoms with van der Waals surface area (Å²) in [5, 5.41) is 10.3. The van der Waals surface area contributed by atoms with Crippen LogP contribution in [0.2, 0.25) is 0 Å². The highest BCUT2D eigenvalue weighted by Gasteiger charge is 2.40. The largest absolute Gasteiger partial charge is 0.425 e. The SMILES string of the molecule is C/C=C/C(=O)OCOC(=O)N(C(=O)c1cn2ncnc(Nc3cc(C(=O)NCC)ccc3C)c2c1C)C1CC1. The van der Waals surface area contributed by atoms with Crippen molar-refractivity contribution in [1.82, 2.24) is 24.8 Å². The molecular weight excluding hydrogens is 504 g/mol. The van der Waals surface area contributed by atoms with Gasteiger partial charge in [0.15, 0.2) is 5.82 Å². The number of hydrogen-bond donors (Lipinski definition) is 2. The van der Waals surface area contributed by atoms with Crippen LogP contribution in [0, 0.1) is 13.8 Å². The Balaban J connectivity index is 1.60. The Hall–Kier alpha value is -4.74. The van der Waals surface area contributed by atoms with E-state index in [0.717, 1.165) is 10.5 Å². The van der Waals surface area contributed by atoms with Crippen molar-refractivity contribution in [3.05, 3.63) is 65.1 Å². The number of benzene rings is 1. The number of aryl methyl sites for hydroxylation is 2. The summed E-state index contributed by atoms with van der Waals surface area (Å²) in [4.78, 5) is 55.6. The Morgan fingerprint density at radius 3 is 2.64 bits per heavy atom. The van der Waals surface area contributed by atoms with E-state index in [-0.39, 0.29) is 17.5 Å². The topological polar surface area (TPSA) is 144 Å². The molecule has 39 heavy (non-hydrogen) atoms. The highest BCUT2D eigenvalue weighted by Crippen LogP contribution is 2.32. The lowest BCUT2D eigenvalue weighted by Crippen LogP contribution is -2.39. The van der Waals surface area contributed by atoms with Gasteiger partial charge in [0.25, 0.3) is 11.8 Å². The number of carbonyl (C=O) groups excluding carboxylic acids is 4. The Bertz CT molecular complexity index is 1460. The molecule has 3 aromatic rings. The monoisotopic (exact) mass is 534 g/mol. The molecule has 2 heterocycles. The molecule has 0 radical (unpaired) electrons. The zero-order valence-corrected chi connectivity index (χ0v) is 22.2. The third kappa shape index (κ3) is 6.06. The molecule has 1 saturated carbocycles. The quantitative estimate of drug-likeness (QED) is 0.239. The molecule has 12 heteroatoms. The average molecular weight is 535 g/mol. The average Bonchev–Trinajstić information content (AvgIpc) is 3.67. The number of anilines is 2. The minimum atomic E-state index is -0.896. The Morgan fingerprint density at radius 1 is 1.18 bits per heavy atom. The molecule has 1 aliphatic carbocycles. The van der Waals surface area contributed by atoms with Gasteiger partial charge in [-0.05, 0) is 63.8 Å². The van der Waals surface area contributed by atoms with Crippen LogP contribution in [0.15, 0.2) is 42.9 Å². The van der Waals surface area contributed by atoms with Gasteiger partial charge in [0.05, 0.1) is 5.56 Å². The van der Waals surface area contributed by atoms with E-state index in [1.807, 2.05) is 19.9 Å². The van der Waals surface area contributed by atoms with Gasteiger partial charge in [-0.1, -0.05) is 12.1 Å². The summed E-state index contributed by atoms with van der Waals surface area (Å²) in [6, 6.07) is 5.01. The first-order chi connectivity index (χ1) is 18.7. The van der Waals surface area contributed by atoms with E-state index in [1.165, 1.54) is 29.2 Å². The van der Waals surface area contributed by atoms with Crippen molar-refractivity contribution in [2.24, 2.45) is 0 Å². The molecule has 4 rings (SSSR count). The second kappa shape index (κ2) is 11.8. The molecule has 0 unspecified atom stereocenters. The maximum atomic E-state index is 13.5. The number of amides is 3. The van der Waals surface area contributed by atoms with Crippen LogP contribution in [0.3, 0.4) is 0 Å². The summed E-state index contributed by atoms with van der Waals surface area (Å²) in [5.41, 5.74) is 3.39. The van der Waals surface area contributed by atoms with Crippen LogP contribution in [0.4, 0.5) is 16.3 Å². The van der Waals surface area contributed by atoms with Gasteiger partial charge in [-0.2, -0.15) is 5.10 Å². The number of rotatable bonds is 9. The Kier molecular flexibility index (Phi) is 8.23. The maximum Gasteiger partial charge on any atom is 0.419 e. The van der Waals surface area contributed by atoms with Crippen molar-refractivity contribution in [2.45, 2.75) is 46.6 Å². The molecule has 1 aliphatic rings. The number of nitrogens with one attached hydrogen (secondary N) is 2. The number of hydrogen-bond acceptors (Lipinski definition) is 9. The Morgan fingerprint density at radius 2 is 1.95 bits per heavy atom. The van der Waals surface area contributed by atoms with E-state index in [9.17, 15) is 19.2 Å². The first-order valence-electron chi connectivity index (χ1n) is 12.5. The van der Waals surface area contributed by atoms with Crippen LogP contribution in [0.1, 0.15) is 58.5 Å². The lowest BCUT2D eigenvalue weighted by atomic mass is 10.1. The molecule has 3 amide bonds.